The summed E-state index contributed by atoms with van der Waals surface area (Å²) in [6, 6.07) is 5.25. The quantitative estimate of drug-likeness (QED) is 0.569. The third-order valence-electron chi connectivity index (χ3n) is 2.82. The summed E-state index contributed by atoms with van der Waals surface area (Å²) < 4.78 is 0. The highest BCUT2D eigenvalue weighted by atomic mass is 35.5. The fourth-order valence-corrected chi connectivity index (χ4v) is 2.01. The van der Waals surface area contributed by atoms with Gasteiger partial charge in [-0.2, -0.15) is 0 Å². The van der Waals surface area contributed by atoms with E-state index in [9.17, 15) is 5.11 Å². The van der Waals surface area contributed by atoms with Gasteiger partial charge in [-0.1, -0.05) is 56.7 Å². The van der Waals surface area contributed by atoms with Crippen LogP contribution in [0.3, 0.4) is 0 Å². The first-order chi connectivity index (χ1) is 7.74. The Kier molecular flexibility index (Phi) is 6.32. The van der Waals surface area contributed by atoms with Gasteiger partial charge in [0.05, 0.1) is 5.02 Å². The molecule has 1 rings (SSSR count). The zero-order chi connectivity index (χ0) is 11.8. The minimum Gasteiger partial charge on any atom is -0.288 e. The van der Waals surface area contributed by atoms with E-state index in [1.165, 1.54) is 44.1 Å². The van der Waals surface area contributed by atoms with Crippen LogP contribution < -0.4 is 0 Å². The van der Waals surface area contributed by atoms with Crippen molar-refractivity contribution >= 4 is 11.6 Å². The molecule has 0 unspecified atom stereocenters. The molecular weight excluding hydrogens is 220 g/mol. The van der Waals surface area contributed by atoms with E-state index >= 15 is 0 Å². The van der Waals surface area contributed by atoms with E-state index in [1.54, 1.807) is 12.1 Å². The molecule has 0 bridgehead atoms. The van der Waals surface area contributed by atoms with Gasteiger partial charge in [0.1, 0.15) is 0 Å². The maximum absolute atomic E-state index is 11.1. The summed E-state index contributed by atoms with van der Waals surface area (Å²) in [4.78, 5) is 0. The maximum Gasteiger partial charge on any atom is 0.197 e. The number of aryl methyl sites for hydroxylation is 1. The molecule has 0 aliphatic rings. The molecule has 0 heterocycles. The third kappa shape index (κ3) is 4.89. The van der Waals surface area contributed by atoms with Crippen molar-refractivity contribution < 1.29 is 5.11 Å². The van der Waals surface area contributed by atoms with Crippen LogP contribution >= 0.6 is 11.6 Å². The van der Waals surface area contributed by atoms with Gasteiger partial charge in [0, 0.05) is 0 Å². The third-order valence-corrected chi connectivity index (χ3v) is 3.11. The van der Waals surface area contributed by atoms with Gasteiger partial charge in [-0.25, -0.2) is 0 Å². The number of hydrogen-bond donors (Lipinski definition) is 0. The van der Waals surface area contributed by atoms with Crippen molar-refractivity contribution in [2.45, 2.75) is 51.9 Å². The molecular formula is C14H20ClO. The van der Waals surface area contributed by atoms with Gasteiger partial charge in [-0.3, -0.25) is 5.11 Å². The SMILES string of the molecule is CCCCCCCCc1ccc([O])c(Cl)c1. The van der Waals surface area contributed by atoms with Crippen LogP contribution in [0.2, 0.25) is 5.02 Å². The highest BCUT2D eigenvalue weighted by Gasteiger charge is 2.01. The lowest BCUT2D eigenvalue weighted by atomic mass is 10.0. The normalized spacial score (nSPS) is 10.6. The number of rotatable bonds is 7. The molecule has 1 radical (unpaired) electrons. The Balaban J connectivity index is 2.19. The first-order valence-electron chi connectivity index (χ1n) is 6.19. The lowest BCUT2D eigenvalue weighted by Gasteiger charge is -2.02. The van der Waals surface area contributed by atoms with Crippen molar-refractivity contribution in [1.82, 2.24) is 0 Å². The molecule has 1 nitrogen and oxygen atoms in total. The molecule has 0 saturated carbocycles. The van der Waals surface area contributed by atoms with E-state index in [0.29, 0.717) is 5.02 Å². The second-order valence-corrected chi connectivity index (χ2v) is 4.69. The second kappa shape index (κ2) is 7.56. The van der Waals surface area contributed by atoms with Crippen molar-refractivity contribution in [3.8, 4) is 5.75 Å². The van der Waals surface area contributed by atoms with Crippen LogP contribution in [0.15, 0.2) is 18.2 Å². The molecule has 0 saturated heterocycles. The molecule has 0 atom stereocenters. The number of unbranched alkanes of at least 4 members (excludes halogenated alkanes) is 5. The van der Waals surface area contributed by atoms with E-state index in [2.05, 4.69) is 6.92 Å². The molecule has 0 aliphatic heterocycles. The van der Waals surface area contributed by atoms with Crippen LogP contribution in [0.25, 0.3) is 0 Å². The van der Waals surface area contributed by atoms with Crippen LogP contribution in [0.5, 0.6) is 5.75 Å². The summed E-state index contributed by atoms with van der Waals surface area (Å²) >= 11 is 5.78. The molecule has 89 valence electrons. The Morgan fingerprint density at radius 3 is 2.44 bits per heavy atom. The van der Waals surface area contributed by atoms with E-state index in [0.717, 1.165) is 6.42 Å². The highest BCUT2D eigenvalue weighted by molar-refractivity contribution is 6.32. The van der Waals surface area contributed by atoms with Crippen LogP contribution in [0, 0.1) is 0 Å². The summed E-state index contributed by atoms with van der Waals surface area (Å²) in [5.74, 6) is -0.0756. The Bertz CT molecular complexity index is 310. The van der Waals surface area contributed by atoms with Gasteiger partial charge in [0.25, 0.3) is 0 Å². The average molecular weight is 240 g/mol. The Morgan fingerprint density at radius 1 is 1.06 bits per heavy atom. The second-order valence-electron chi connectivity index (χ2n) is 4.28. The lowest BCUT2D eigenvalue weighted by molar-refractivity contribution is 0.355. The van der Waals surface area contributed by atoms with Crippen molar-refractivity contribution in [1.29, 1.82) is 0 Å². The minimum absolute atomic E-state index is 0.0756. The zero-order valence-corrected chi connectivity index (χ0v) is 10.7. The topological polar surface area (TPSA) is 19.9 Å². The molecule has 0 aliphatic carbocycles. The first kappa shape index (κ1) is 13.4. The number of hydrogen-bond acceptors (Lipinski definition) is 0. The van der Waals surface area contributed by atoms with Crippen LogP contribution in [0.1, 0.15) is 51.0 Å². The molecule has 2 heteroatoms. The molecule has 1 aromatic carbocycles. The Labute approximate surface area is 103 Å². The van der Waals surface area contributed by atoms with E-state index in [-0.39, 0.29) is 5.75 Å². The number of benzene rings is 1. The smallest absolute Gasteiger partial charge is 0.197 e. The highest BCUT2D eigenvalue weighted by Crippen LogP contribution is 2.25. The van der Waals surface area contributed by atoms with Crippen molar-refractivity contribution in [2.24, 2.45) is 0 Å². The molecule has 0 spiro atoms. The molecule has 0 amide bonds. The van der Waals surface area contributed by atoms with Crippen molar-refractivity contribution in [2.75, 3.05) is 0 Å². The fraction of sp³-hybridized carbons (Fsp3) is 0.571. The van der Waals surface area contributed by atoms with Gasteiger partial charge in [-0.15, -0.1) is 0 Å². The summed E-state index contributed by atoms with van der Waals surface area (Å²) in [6.45, 7) is 2.23. The summed E-state index contributed by atoms with van der Waals surface area (Å²) in [6.07, 6.45) is 8.80. The predicted octanol–water partition coefficient (Wildman–Crippen LogP) is 5.39. The van der Waals surface area contributed by atoms with E-state index < -0.39 is 0 Å². The summed E-state index contributed by atoms with van der Waals surface area (Å²) in [7, 11) is 0. The first-order valence-corrected chi connectivity index (χ1v) is 6.57. The molecule has 1 aromatic rings. The molecule has 0 aromatic heterocycles. The van der Waals surface area contributed by atoms with Crippen molar-refractivity contribution in [3.63, 3.8) is 0 Å². The predicted molar refractivity (Wildman–Crippen MR) is 68.7 cm³/mol. The number of halogens is 1. The summed E-state index contributed by atoms with van der Waals surface area (Å²) in [5.41, 5.74) is 1.18. The van der Waals surface area contributed by atoms with Crippen molar-refractivity contribution in [3.05, 3.63) is 28.8 Å². The minimum atomic E-state index is -0.0756. The molecule has 0 fully saturated rings. The fourth-order valence-electron chi connectivity index (χ4n) is 1.81. The van der Waals surface area contributed by atoms with Gasteiger partial charge in [0.2, 0.25) is 0 Å². The standard InChI is InChI=1S/C14H20ClO/c1-2-3-4-5-6-7-8-12-9-10-14(16)13(15)11-12/h9-11H,2-8H2,1H3. The zero-order valence-electron chi connectivity index (χ0n) is 9.97. The molecule has 0 N–H and O–H groups in total. The van der Waals surface area contributed by atoms with Crippen LogP contribution in [-0.2, 0) is 11.5 Å². The Hall–Kier alpha value is -0.690. The Morgan fingerprint density at radius 2 is 1.75 bits per heavy atom. The van der Waals surface area contributed by atoms with Gasteiger partial charge in [0.15, 0.2) is 5.75 Å². The van der Waals surface area contributed by atoms with Crippen LogP contribution in [-0.4, -0.2) is 0 Å². The monoisotopic (exact) mass is 239 g/mol. The lowest BCUT2D eigenvalue weighted by Crippen LogP contribution is -1.86. The summed E-state index contributed by atoms with van der Waals surface area (Å²) in [5, 5.41) is 11.4. The van der Waals surface area contributed by atoms with E-state index in [1.807, 2.05) is 6.07 Å². The van der Waals surface area contributed by atoms with Gasteiger partial charge >= 0.3 is 0 Å². The van der Waals surface area contributed by atoms with E-state index in [4.69, 9.17) is 11.6 Å². The van der Waals surface area contributed by atoms with Crippen LogP contribution in [0.4, 0.5) is 0 Å². The average Bonchev–Trinajstić information content (AvgIpc) is 2.28. The van der Waals surface area contributed by atoms with Gasteiger partial charge < -0.3 is 0 Å². The molecule has 16 heavy (non-hydrogen) atoms. The largest absolute Gasteiger partial charge is 0.288 e. The van der Waals surface area contributed by atoms with Gasteiger partial charge in [-0.05, 0) is 30.5 Å². The maximum atomic E-state index is 11.1.